The number of hydrogen-bond acceptors (Lipinski definition) is 5. The monoisotopic (exact) mass is 272 g/mol. The quantitative estimate of drug-likeness (QED) is 0.461. The molecule has 0 spiro atoms. The van der Waals surface area contributed by atoms with Gasteiger partial charge in [-0.15, -0.1) is 11.3 Å². The first kappa shape index (κ1) is 19.7. The standard InChI is InChI=1S/C7H7NO3S.Mn.2O/c1-2-11-7(10)6-8-5(3-9)4-12-6;;;/h3-4H,2H2,1H3;;;/q;+4;2*-2. The molecule has 0 fully saturated rings. The first-order valence-corrected chi connectivity index (χ1v) is 4.23. The van der Waals surface area contributed by atoms with Crippen LogP contribution in [-0.2, 0) is 32.8 Å². The predicted octanol–water partition coefficient (Wildman–Crippen LogP) is 0.892. The summed E-state index contributed by atoms with van der Waals surface area (Å²) >= 11 is 1.11. The molecule has 0 aromatic carbocycles. The molecule has 0 atom stereocenters. The number of hydrogen-bond donors (Lipinski definition) is 0. The topological polar surface area (TPSA) is 113 Å². The summed E-state index contributed by atoms with van der Waals surface area (Å²) in [5.74, 6) is -0.476. The predicted molar refractivity (Wildman–Crippen MR) is 44.8 cm³/mol. The van der Waals surface area contributed by atoms with Crippen LogP contribution in [0.5, 0.6) is 0 Å². The molecule has 1 heterocycles. The Bertz CT molecular complexity index is 303. The largest absolute Gasteiger partial charge is 4.00 e. The van der Waals surface area contributed by atoms with Gasteiger partial charge in [-0.25, -0.2) is 9.78 Å². The van der Waals surface area contributed by atoms with Crippen LogP contribution in [0.25, 0.3) is 0 Å². The number of carbonyl (C=O) groups is 2. The van der Waals surface area contributed by atoms with Gasteiger partial charge in [-0.05, 0) is 6.92 Å². The Morgan fingerprint density at radius 2 is 2.20 bits per heavy atom. The van der Waals surface area contributed by atoms with Crippen molar-refractivity contribution in [2.24, 2.45) is 0 Å². The van der Waals surface area contributed by atoms with Crippen LogP contribution in [0.4, 0.5) is 0 Å². The van der Waals surface area contributed by atoms with Crippen LogP contribution in [-0.4, -0.2) is 23.8 Å². The van der Waals surface area contributed by atoms with Crippen molar-refractivity contribution in [1.29, 1.82) is 0 Å². The molecule has 15 heavy (non-hydrogen) atoms. The maximum Gasteiger partial charge on any atom is 4.00 e. The zero-order valence-electron chi connectivity index (χ0n) is 7.64. The van der Waals surface area contributed by atoms with E-state index >= 15 is 0 Å². The van der Waals surface area contributed by atoms with Crippen molar-refractivity contribution >= 4 is 23.6 Å². The molecule has 1 radical (unpaired) electrons. The Kier molecular flexibility index (Phi) is 12.8. The maximum absolute atomic E-state index is 11.0. The van der Waals surface area contributed by atoms with E-state index in [9.17, 15) is 9.59 Å². The molecule has 0 unspecified atom stereocenters. The molecule has 83 valence electrons. The number of nitrogens with zero attached hydrogens (tertiary/aromatic N) is 1. The van der Waals surface area contributed by atoms with Crippen LogP contribution < -0.4 is 0 Å². The fourth-order valence-corrected chi connectivity index (χ4v) is 1.28. The number of aldehydes is 1. The van der Waals surface area contributed by atoms with Gasteiger partial charge in [0, 0.05) is 5.38 Å². The zero-order valence-corrected chi connectivity index (χ0v) is 9.63. The Morgan fingerprint density at radius 3 is 2.60 bits per heavy atom. The Hall–Kier alpha value is -0.791. The Balaban J connectivity index is -0.000000480. The van der Waals surface area contributed by atoms with Crippen molar-refractivity contribution in [3.8, 4) is 0 Å². The third-order valence-corrected chi connectivity index (χ3v) is 1.93. The fourth-order valence-electron chi connectivity index (χ4n) is 0.627. The minimum atomic E-state index is -0.476. The second-order valence-electron chi connectivity index (χ2n) is 1.92. The first-order valence-electron chi connectivity index (χ1n) is 3.35. The molecule has 0 amide bonds. The van der Waals surface area contributed by atoms with Gasteiger partial charge in [-0.3, -0.25) is 4.79 Å². The van der Waals surface area contributed by atoms with E-state index in [1.807, 2.05) is 0 Å². The SMILES string of the molecule is CCOC(=O)c1nc(C=O)cs1.[Mn+4].[O-2].[O-2]. The molecule has 1 aromatic rings. The summed E-state index contributed by atoms with van der Waals surface area (Å²) in [7, 11) is 0. The van der Waals surface area contributed by atoms with Gasteiger partial charge < -0.3 is 15.7 Å². The van der Waals surface area contributed by atoms with E-state index in [-0.39, 0.29) is 38.7 Å². The van der Waals surface area contributed by atoms with Crippen LogP contribution in [0.3, 0.4) is 0 Å². The normalized spacial score (nSPS) is 7.53. The maximum atomic E-state index is 11.0. The minimum absolute atomic E-state index is 0. The van der Waals surface area contributed by atoms with Gasteiger partial charge in [0.05, 0.1) is 6.61 Å². The average Bonchev–Trinajstić information content (AvgIpc) is 2.52. The molecule has 1 aromatic heterocycles. The molecule has 0 bridgehead atoms. The summed E-state index contributed by atoms with van der Waals surface area (Å²) in [4.78, 5) is 24.9. The van der Waals surface area contributed by atoms with Gasteiger partial charge in [0.25, 0.3) is 0 Å². The molecule has 0 N–H and O–H groups in total. The molecular formula is C7H7MnNO5S. The number of thiazole rings is 1. The summed E-state index contributed by atoms with van der Waals surface area (Å²) in [6, 6.07) is 0. The number of ether oxygens (including phenoxy) is 1. The fraction of sp³-hybridized carbons (Fsp3) is 0.286. The van der Waals surface area contributed by atoms with E-state index in [1.165, 1.54) is 5.38 Å². The summed E-state index contributed by atoms with van der Waals surface area (Å²) in [6.07, 6.45) is 0.596. The van der Waals surface area contributed by atoms with E-state index in [4.69, 9.17) is 0 Å². The van der Waals surface area contributed by atoms with Crippen LogP contribution in [0.1, 0.15) is 27.2 Å². The minimum Gasteiger partial charge on any atom is -2.00 e. The van der Waals surface area contributed by atoms with E-state index in [0.29, 0.717) is 12.9 Å². The van der Waals surface area contributed by atoms with Crippen molar-refractivity contribution in [3.05, 3.63) is 16.1 Å². The molecule has 1 rings (SSSR count). The van der Waals surface area contributed by atoms with Crippen LogP contribution in [0.15, 0.2) is 5.38 Å². The van der Waals surface area contributed by atoms with Gasteiger partial charge in [0.2, 0.25) is 5.01 Å². The molecule has 0 aliphatic carbocycles. The van der Waals surface area contributed by atoms with Crippen LogP contribution in [0, 0.1) is 0 Å². The van der Waals surface area contributed by atoms with Crippen molar-refractivity contribution in [2.75, 3.05) is 6.61 Å². The van der Waals surface area contributed by atoms with Crippen molar-refractivity contribution < 1.29 is 42.3 Å². The Labute approximate surface area is 101 Å². The van der Waals surface area contributed by atoms with Crippen LogP contribution >= 0.6 is 11.3 Å². The molecule has 8 heteroatoms. The smallest absolute Gasteiger partial charge is 2.00 e. The number of rotatable bonds is 3. The zero-order chi connectivity index (χ0) is 8.97. The van der Waals surface area contributed by atoms with Gasteiger partial charge in [-0.2, -0.15) is 0 Å². The summed E-state index contributed by atoms with van der Waals surface area (Å²) in [6.45, 7) is 2.03. The van der Waals surface area contributed by atoms with Crippen molar-refractivity contribution in [3.63, 3.8) is 0 Å². The number of esters is 1. The van der Waals surface area contributed by atoms with Gasteiger partial charge in [-0.1, -0.05) is 0 Å². The second-order valence-corrected chi connectivity index (χ2v) is 2.77. The molecule has 0 aliphatic rings. The Morgan fingerprint density at radius 1 is 1.60 bits per heavy atom. The van der Waals surface area contributed by atoms with Crippen LogP contribution in [0.2, 0.25) is 0 Å². The number of aromatic nitrogens is 1. The average molecular weight is 272 g/mol. The molecule has 0 saturated heterocycles. The van der Waals surface area contributed by atoms with Gasteiger partial charge in [0.15, 0.2) is 6.29 Å². The van der Waals surface area contributed by atoms with Crippen molar-refractivity contribution in [1.82, 2.24) is 4.98 Å². The summed E-state index contributed by atoms with van der Waals surface area (Å²) in [5.41, 5.74) is 0.267. The third kappa shape index (κ3) is 5.60. The summed E-state index contributed by atoms with van der Waals surface area (Å²) < 4.78 is 4.68. The third-order valence-electron chi connectivity index (χ3n) is 1.09. The summed E-state index contributed by atoms with van der Waals surface area (Å²) in [5, 5.41) is 1.73. The molecule has 0 aliphatic heterocycles. The second kappa shape index (κ2) is 9.75. The van der Waals surface area contributed by atoms with E-state index in [0.717, 1.165) is 11.3 Å². The van der Waals surface area contributed by atoms with E-state index < -0.39 is 5.97 Å². The molecular weight excluding hydrogens is 265 g/mol. The van der Waals surface area contributed by atoms with Crippen molar-refractivity contribution in [2.45, 2.75) is 6.92 Å². The first-order chi connectivity index (χ1) is 5.77. The van der Waals surface area contributed by atoms with E-state index in [1.54, 1.807) is 6.92 Å². The molecule has 6 nitrogen and oxygen atoms in total. The number of carbonyl (C=O) groups excluding carboxylic acids is 2. The van der Waals surface area contributed by atoms with Gasteiger partial charge in [0.1, 0.15) is 5.69 Å². The van der Waals surface area contributed by atoms with E-state index in [2.05, 4.69) is 9.72 Å². The van der Waals surface area contributed by atoms with Gasteiger partial charge >= 0.3 is 23.0 Å². The molecule has 0 saturated carbocycles.